The van der Waals surface area contributed by atoms with E-state index in [4.69, 9.17) is 0 Å². The van der Waals surface area contributed by atoms with Gasteiger partial charge in [-0.2, -0.15) is 21.6 Å². The molecule has 0 aromatic heterocycles. The second-order valence-electron chi connectivity index (χ2n) is 7.46. The molecule has 1 atom stereocenters. The van der Waals surface area contributed by atoms with Crippen LogP contribution in [0.3, 0.4) is 0 Å². The van der Waals surface area contributed by atoms with Gasteiger partial charge in [0.15, 0.2) is 0 Å². The predicted molar refractivity (Wildman–Crippen MR) is 101 cm³/mol. The van der Waals surface area contributed by atoms with Crippen molar-refractivity contribution in [2.45, 2.75) is 32.2 Å². The third-order valence-corrected chi connectivity index (χ3v) is 5.21. The maximum absolute atomic E-state index is 12.5. The summed E-state index contributed by atoms with van der Waals surface area (Å²) in [4.78, 5) is 11.6. The summed E-state index contributed by atoms with van der Waals surface area (Å²) in [7, 11) is -4.44. The van der Waals surface area contributed by atoms with E-state index in [0.29, 0.717) is 5.56 Å². The largest absolute Gasteiger partial charge is 0.534 e. The van der Waals surface area contributed by atoms with Gasteiger partial charge >= 0.3 is 21.6 Å². The molecule has 0 amide bonds. The molecule has 29 heavy (non-hydrogen) atoms. The average molecular weight is 430 g/mol. The molecule has 1 unspecified atom stereocenters. The van der Waals surface area contributed by atoms with Crippen molar-refractivity contribution < 1.29 is 35.3 Å². The Hall–Kier alpha value is -2.55. The number of alkyl halides is 3. The molecular formula is C20H21F3O5S. The van der Waals surface area contributed by atoms with Crippen molar-refractivity contribution in [1.29, 1.82) is 0 Å². The van der Waals surface area contributed by atoms with Crippen molar-refractivity contribution in [1.82, 2.24) is 0 Å². The summed E-state index contributed by atoms with van der Waals surface area (Å²) in [6.45, 7) is 5.97. The molecule has 0 heterocycles. The first-order valence-corrected chi connectivity index (χ1v) is 9.96. The van der Waals surface area contributed by atoms with Crippen LogP contribution in [-0.4, -0.2) is 27.0 Å². The highest BCUT2D eigenvalue weighted by molar-refractivity contribution is 7.88. The van der Waals surface area contributed by atoms with Crippen LogP contribution in [0.15, 0.2) is 48.5 Å². The van der Waals surface area contributed by atoms with Gasteiger partial charge in [0.05, 0.1) is 12.7 Å². The zero-order valence-corrected chi connectivity index (χ0v) is 17.1. The summed E-state index contributed by atoms with van der Waals surface area (Å²) >= 11 is 0. The first kappa shape index (κ1) is 22.7. The smallest absolute Gasteiger partial charge is 0.465 e. The van der Waals surface area contributed by atoms with Crippen LogP contribution in [-0.2, 0) is 14.9 Å². The number of rotatable bonds is 5. The van der Waals surface area contributed by atoms with Gasteiger partial charge in [0.1, 0.15) is 5.75 Å². The second-order valence-corrected chi connectivity index (χ2v) is 9.00. The molecule has 5 nitrogen and oxygen atoms in total. The lowest BCUT2D eigenvalue weighted by molar-refractivity contribution is -0.0500. The number of ether oxygens (including phenoxy) is 1. The highest BCUT2D eigenvalue weighted by Gasteiger charge is 2.48. The Morgan fingerprint density at radius 1 is 0.897 bits per heavy atom. The van der Waals surface area contributed by atoms with E-state index in [1.165, 1.54) is 31.4 Å². The fourth-order valence-corrected chi connectivity index (χ4v) is 3.47. The normalized spacial score (nSPS) is 13.6. The number of carbonyl (C=O) groups is 1. The molecule has 2 rings (SSSR count). The first-order valence-electron chi connectivity index (χ1n) is 8.55. The molecule has 0 saturated heterocycles. The van der Waals surface area contributed by atoms with Crippen LogP contribution in [0.1, 0.15) is 48.2 Å². The van der Waals surface area contributed by atoms with Crippen LogP contribution in [0.25, 0.3) is 0 Å². The monoisotopic (exact) mass is 430 g/mol. The summed E-state index contributed by atoms with van der Waals surface area (Å²) in [6.07, 6.45) is 0. The molecule has 0 aliphatic rings. The maximum atomic E-state index is 12.5. The highest BCUT2D eigenvalue weighted by atomic mass is 32.2. The molecule has 9 heteroatoms. The van der Waals surface area contributed by atoms with E-state index in [-0.39, 0.29) is 11.3 Å². The summed E-state index contributed by atoms with van der Waals surface area (Å²) in [5.74, 6) is -1.07. The van der Waals surface area contributed by atoms with Gasteiger partial charge in [0, 0.05) is 5.92 Å². The molecule has 0 spiro atoms. The molecule has 0 radical (unpaired) electrons. The van der Waals surface area contributed by atoms with Crippen molar-refractivity contribution in [2.24, 2.45) is 5.41 Å². The Labute approximate surface area is 167 Å². The number of methoxy groups -OCH3 is 1. The van der Waals surface area contributed by atoms with E-state index in [2.05, 4.69) is 8.92 Å². The minimum atomic E-state index is -5.72. The van der Waals surface area contributed by atoms with E-state index in [1.54, 1.807) is 24.3 Å². The number of benzene rings is 2. The van der Waals surface area contributed by atoms with Gasteiger partial charge < -0.3 is 8.92 Å². The Morgan fingerprint density at radius 3 is 1.72 bits per heavy atom. The van der Waals surface area contributed by atoms with Crippen LogP contribution in [0, 0.1) is 5.41 Å². The number of carbonyl (C=O) groups excluding carboxylic acids is 1. The molecule has 0 fully saturated rings. The van der Waals surface area contributed by atoms with Crippen molar-refractivity contribution in [3.63, 3.8) is 0 Å². The molecular weight excluding hydrogens is 409 g/mol. The quantitative estimate of drug-likeness (QED) is 0.384. The zero-order valence-electron chi connectivity index (χ0n) is 16.3. The van der Waals surface area contributed by atoms with Gasteiger partial charge in [-0.1, -0.05) is 45.0 Å². The lowest BCUT2D eigenvalue weighted by atomic mass is 9.72. The molecule has 0 bridgehead atoms. The van der Waals surface area contributed by atoms with Crippen LogP contribution in [0.2, 0.25) is 0 Å². The van der Waals surface area contributed by atoms with Crippen molar-refractivity contribution in [2.75, 3.05) is 7.11 Å². The van der Waals surface area contributed by atoms with E-state index in [0.717, 1.165) is 11.1 Å². The van der Waals surface area contributed by atoms with Crippen molar-refractivity contribution in [3.05, 3.63) is 65.2 Å². The standard InChI is InChI=1S/C20H21F3O5S/c1-19(2,3)17(13-5-7-15(8-6-13)18(24)27-4)14-9-11-16(12-10-14)28-29(25,26)20(21,22)23/h5-12,17H,1-4H3. The van der Waals surface area contributed by atoms with Crippen LogP contribution < -0.4 is 4.18 Å². The topological polar surface area (TPSA) is 69.7 Å². The zero-order chi connectivity index (χ0) is 22.0. The number of esters is 1. The summed E-state index contributed by atoms with van der Waals surface area (Å²) in [6, 6.07) is 12.2. The van der Waals surface area contributed by atoms with Gasteiger partial charge in [-0.3, -0.25) is 0 Å². The summed E-state index contributed by atoms with van der Waals surface area (Å²) in [5, 5.41) is 0. The van der Waals surface area contributed by atoms with Gasteiger partial charge in [0.25, 0.3) is 0 Å². The molecule has 0 saturated carbocycles. The lowest BCUT2D eigenvalue weighted by Gasteiger charge is -2.32. The summed E-state index contributed by atoms with van der Waals surface area (Å²) in [5.41, 5.74) is -3.76. The minimum Gasteiger partial charge on any atom is -0.465 e. The molecule has 0 aliphatic heterocycles. The van der Waals surface area contributed by atoms with Crippen LogP contribution >= 0.6 is 0 Å². The van der Waals surface area contributed by atoms with Gasteiger partial charge in [-0.15, -0.1) is 0 Å². The van der Waals surface area contributed by atoms with E-state index < -0.39 is 27.3 Å². The van der Waals surface area contributed by atoms with Gasteiger partial charge in [-0.05, 0) is 40.8 Å². The molecule has 2 aromatic rings. The van der Waals surface area contributed by atoms with E-state index >= 15 is 0 Å². The van der Waals surface area contributed by atoms with Gasteiger partial charge in [-0.25, -0.2) is 4.79 Å². The Kier molecular flexibility index (Phi) is 6.32. The average Bonchev–Trinajstić information content (AvgIpc) is 2.61. The second kappa shape index (κ2) is 8.06. The Morgan fingerprint density at radius 2 is 1.34 bits per heavy atom. The predicted octanol–water partition coefficient (Wildman–Crippen LogP) is 4.88. The first-order chi connectivity index (χ1) is 13.3. The van der Waals surface area contributed by atoms with Crippen molar-refractivity contribution in [3.8, 4) is 5.75 Å². The van der Waals surface area contributed by atoms with Crippen molar-refractivity contribution >= 4 is 16.1 Å². The number of hydrogen-bond donors (Lipinski definition) is 0. The number of halogens is 3. The van der Waals surface area contributed by atoms with Crippen LogP contribution in [0.5, 0.6) is 5.75 Å². The molecule has 0 N–H and O–H groups in total. The lowest BCUT2D eigenvalue weighted by Crippen LogP contribution is -2.28. The maximum Gasteiger partial charge on any atom is 0.534 e. The SMILES string of the molecule is COC(=O)c1ccc(C(c2ccc(OS(=O)(=O)C(F)(F)F)cc2)C(C)(C)C)cc1. The molecule has 0 aliphatic carbocycles. The number of hydrogen-bond acceptors (Lipinski definition) is 5. The fraction of sp³-hybridized carbons (Fsp3) is 0.350. The molecule has 158 valence electrons. The van der Waals surface area contributed by atoms with E-state index in [1.807, 2.05) is 20.8 Å². The minimum absolute atomic E-state index is 0.178. The third kappa shape index (κ3) is 5.29. The highest BCUT2D eigenvalue weighted by Crippen LogP contribution is 2.41. The Balaban J connectivity index is 2.36. The fourth-order valence-electron chi connectivity index (χ4n) is 3.01. The van der Waals surface area contributed by atoms with Crippen LogP contribution in [0.4, 0.5) is 13.2 Å². The van der Waals surface area contributed by atoms with Gasteiger partial charge in [0.2, 0.25) is 0 Å². The summed E-state index contributed by atoms with van der Waals surface area (Å²) < 4.78 is 68.5. The third-order valence-electron chi connectivity index (χ3n) is 4.23. The Bertz CT molecular complexity index is 957. The van der Waals surface area contributed by atoms with E-state index in [9.17, 15) is 26.4 Å². The molecule has 2 aromatic carbocycles.